The van der Waals surface area contributed by atoms with E-state index in [9.17, 15) is 0 Å². The Hall–Kier alpha value is -2.20. The van der Waals surface area contributed by atoms with Gasteiger partial charge in [-0.25, -0.2) is 0 Å². The molecular weight excluding hydrogens is 290 g/mol. The van der Waals surface area contributed by atoms with Gasteiger partial charge in [0.1, 0.15) is 30.5 Å². The number of hydrogen-bond acceptors (Lipinski definition) is 4. The van der Waals surface area contributed by atoms with E-state index in [1.165, 1.54) is 5.56 Å². The number of rotatable bonds is 9. The number of hydrogen-bond donors (Lipinski definition) is 1. The quantitative estimate of drug-likeness (QED) is 0.719. The molecule has 0 bridgehead atoms. The Morgan fingerprint density at radius 3 is 2.26 bits per heavy atom. The molecule has 0 spiro atoms. The van der Waals surface area contributed by atoms with E-state index < -0.39 is 0 Å². The highest BCUT2D eigenvalue weighted by Crippen LogP contribution is 2.24. The summed E-state index contributed by atoms with van der Waals surface area (Å²) in [5.41, 5.74) is 8.01. The van der Waals surface area contributed by atoms with Gasteiger partial charge in [0, 0.05) is 18.2 Å². The number of ether oxygens (including phenoxy) is 3. The molecule has 0 aliphatic rings. The molecule has 0 radical (unpaired) electrons. The molecule has 4 heteroatoms. The lowest BCUT2D eigenvalue weighted by Gasteiger charge is -2.13. The Balaban J connectivity index is 1.83. The highest BCUT2D eigenvalue weighted by molar-refractivity contribution is 5.40. The fourth-order valence-electron chi connectivity index (χ4n) is 2.32. The van der Waals surface area contributed by atoms with E-state index in [0.29, 0.717) is 19.8 Å². The van der Waals surface area contributed by atoms with Gasteiger partial charge in [-0.05, 0) is 30.2 Å². The molecule has 124 valence electrons. The normalized spacial score (nSPS) is 10.4. The molecule has 0 unspecified atom stereocenters. The molecule has 0 aliphatic heterocycles. The van der Waals surface area contributed by atoms with Crippen molar-refractivity contribution in [2.75, 3.05) is 20.3 Å². The second-order valence-electron chi connectivity index (χ2n) is 5.27. The molecule has 0 heterocycles. The Morgan fingerprint density at radius 1 is 0.913 bits per heavy atom. The smallest absolute Gasteiger partial charge is 0.127 e. The second-order valence-corrected chi connectivity index (χ2v) is 5.27. The first-order valence-electron chi connectivity index (χ1n) is 7.98. The van der Waals surface area contributed by atoms with Crippen molar-refractivity contribution in [1.82, 2.24) is 0 Å². The number of benzene rings is 2. The standard InChI is InChI=1S/C19H25NO3/c1-3-4-15-5-8-17(9-6-15)22-11-12-23-19-13-18(21-2)10-7-16(19)14-20/h5-10,13H,3-4,11-12,14,20H2,1-2H3. The summed E-state index contributed by atoms with van der Waals surface area (Å²) in [4.78, 5) is 0. The first-order chi connectivity index (χ1) is 11.3. The van der Waals surface area contributed by atoms with E-state index >= 15 is 0 Å². The summed E-state index contributed by atoms with van der Waals surface area (Å²) in [6, 6.07) is 13.9. The lowest BCUT2D eigenvalue weighted by Crippen LogP contribution is -2.11. The van der Waals surface area contributed by atoms with E-state index in [-0.39, 0.29) is 0 Å². The topological polar surface area (TPSA) is 53.7 Å². The average Bonchev–Trinajstić information content (AvgIpc) is 2.60. The van der Waals surface area contributed by atoms with Crippen LogP contribution in [0.3, 0.4) is 0 Å². The lowest BCUT2D eigenvalue weighted by atomic mass is 10.1. The number of aryl methyl sites for hydroxylation is 1. The first-order valence-corrected chi connectivity index (χ1v) is 7.98. The fourth-order valence-corrected chi connectivity index (χ4v) is 2.32. The van der Waals surface area contributed by atoms with Crippen LogP contribution in [0.2, 0.25) is 0 Å². The van der Waals surface area contributed by atoms with E-state index in [2.05, 4.69) is 19.1 Å². The molecule has 4 nitrogen and oxygen atoms in total. The molecule has 0 saturated heterocycles. The molecule has 0 aromatic heterocycles. The van der Waals surface area contributed by atoms with Gasteiger partial charge >= 0.3 is 0 Å². The van der Waals surface area contributed by atoms with Gasteiger partial charge in [0.05, 0.1) is 7.11 Å². The molecule has 2 rings (SSSR count). The Labute approximate surface area is 138 Å². The third-order valence-electron chi connectivity index (χ3n) is 3.57. The number of methoxy groups -OCH3 is 1. The number of nitrogens with two attached hydrogens (primary N) is 1. The zero-order valence-corrected chi connectivity index (χ0v) is 13.9. The minimum absolute atomic E-state index is 0.430. The summed E-state index contributed by atoms with van der Waals surface area (Å²) in [5, 5.41) is 0. The minimum atomic E-state index is 0.430. The van der Waals surface area contributed by atoms with E-state index in [1.54, 1.807) is 7.11 Å². The van der Waals surface area contributed by atoms with Crippen LogP contribution in [0.25, 0.3) is 0 Å². The van der Waals surface area contributed by atoms with Gasteiger partial charge in [0.25, 0.3) is 0 Å². The third kappa shape index (κ3) is 5.18. The molecule has 0 aliphatic carbocycles. The van der Waals surface area contributed by atoms with Crippen LogP contribution >= 0.6 is 0 Å². The van der Waals surface area contributed by atoms with Crippen molar-refractivity contribution in [2.24, 2.45) is 5.73 Å². The fraction of sp³-hybridized carbons (Fsp3) is 0.368. The van der Waals surface area contributed by atoms with Gasteiger partial charge in [-0.15, -0.1) is 0 Å². The van der Waals surface area contributed by atoms with Crippen molar-refractivity contribution in [3.8, 4) is 17.2 Å². The predicted molar refractivity (Wildman–Crippen MR) is 92.3 cm³/mol. The maximum absolute atomic E-state index is 5.77. The molecule has 2 N–H and O–H groups in total. The molecule has 2 aromatic rings. The Kier molecular flexibility index (Phi) is 6.76. The van der Waals surface area contributed by atoms with Crippen LogP contribution in [-0.2, 0) is 13.0 Å². The van der Waals surface area contributed by atoms with Crippen molar-refractivity contribution < 1.29 is 14.2 Å². The maximum Gasteiger partial charge on any atom is 0.127 e. The molecule has 0 saturated carbocycles. The summed E-state index contributed by atoms with van der Waals surface area (Å²) in [7, 11) is 1.63. The van der Waals surface area contributed by atoms with Gasteiger partial charge < -0.3 is 19.9 Å². The highest BCUT2D eigenvalue weighted by Gasteiger charge is 2.05. The van der Waals surface area contributed by atoms with Crippen molar-refractivity contribution in [2.45, 2.75) is 26.3 Å². The van der Waals surface area contributed by atoms with Gasteiger partial charge in [0.15, 0.2) is 0 Å². The van der Waals surface area contributed by atoms with Gasteiger partial charge in [-0.1, -0.05) is 31.5 Å². The Bertz CT molecular complexity index is 596. The van der Waals surface area contributed by atoms with Crippen LogP contribution in [0, 0.1) is 0 Å². The molecule has 0 amide bonds. The maximum atomic E-state index is 5.77. The predicted octanol–water partition coefficient (Wildman–Crippen LogP) is 3.56. The summed E-state index contributed by atoms with van der Waals surface area (Å²) < 4.78 is 16.7. The van der Waals surface area contributed by atoms with Crippen LogP contribution in [0.4, 0.5) is 0 Å². The van der Waals surface area contributed by atoms with E-state index in [0.717, 1.165) is 35.7 Å². The van der Waals surface area contributed by atoms with Crippen molar-refractivity contribution in [3.05, 3.63) is 53.6 Å². The highest BCUT2D eigenvalue weighted by atomic mass is 16.5. The van der Waals surface area contributed by atoms with E-state index in [4.69, 9.17) is 19.9 Å². The summed E-state index contributed by atoms with van der Waals surface area (Å²) in [5.74, 6) is 2.36. The Morgan fingerprint density at radius 2 is 1.61 bits per heavy atom. The molecule has 2 aromatic carbocycles. The van der Waals surface area contributed by atoms with Crippen LogP contribution < -0.4 is 19.9 Å². The summed E-state index contributed by atoms with van der Waals surface area (Å²) in [6.45, 7) is 3.54. The van der Waals surface area contributed by atoms with Crippen LogP contribution in [-0.4, -0.2) is 20.3 Å². The first kappa shape index (κ1) is 17.2. The van der Waals surface area contributed by atoms with Crippen molar-refractivity contribution >= 4 is 0 Å². The van der Waals surface area contributed by atoms with E-state index in [1.807, 2.05) is 30.3 Å². The van der Waals surface area contributed by atoms with Crippen LogP contribution in [0.15, 0.2) is 42.5 Å². The van der Waals surface area contributed by atoms with Crippen molar-refractivity contribution in [1.29, 1.82) is 0 Å². The molecule has 0 fully saturated rings. The lowest BCUT2D eigenvalue weighted by molar-refractivity contribution is 0.215. The molecule has 23 heavy (non-hydrogen) atoms. The molecular formula is C19H25NO3. The third-order valence-corrected chi connectivity index (χ3v) is 3.57. The minimum Gasteiger partial charge on any atom is -0.497 e. The van der Waals surface area contributed by atoms with Gasteiger partial charge in [-0.2, -0.15) is 0 Å². The second kappa shape index (κ2) is 9.06. The van der Waals surface area contributed by atoms with Crippen LogP contribution in [0.1, 0.15) is 24.5 Å². The summed E-state index contributed by atoms with van der Waals surface area (Å²) in [6.07, 6.45) is 2.25. The average molecular weight is 315 g/mol. The van der Waals surface area contributed by atoms with Crippen LogP contribution in [0.5, 0.6) is 17.2 Å². The SMILES string of the molecule is CCCc1ccc(OCCOc2cc(OC)ccc2CN)cc1. The van der Waals surface area contributed by atoms with Gasteiger partial charge in [-0.3, -0.25) is 0 Å². The van der Waals surface area contributed by atoms with Crippen molar-refractivity contribution in [3.63, 3.8) is 0 Å². The van der Waals surface area contributed by atoms with Gasteiger partial charge in [0.2, 0.25) is 0 Å². The summed E-state index contributed by atoms with van der Waals surface area (Å²) >= 11 is 0. The largest absolute Gasteiger partial charge is 0.497 e. The zero-order valence-electron chi connectivity index (χ0n) is 13.9. The zero-order chi connectivity index (χ0) is 16.5. The molecule has 0 atom stereocenters. The monoisotopic (exact) mass is 315 g/mol.